The lowest BCUT2D eigenvalue weighted by atomic mass is 9.74. The predicted molar refractivity (Wildman–Crippen MR) is 92.2 cm³/mol. The number of rotatable bonds is 5. The van der Waals surface area contributed by atoms with E-state index in [0.29, 0.717) is 11.5 Å². The van der Waals surface area contributed by atoms with E-state index in [1.165, 1.54) is 48.1 Å². The quantitative estimate of drug-likeness (QED) is 0.818. The zero-order chi connectivity index (χ0) is 14.8. The third kappa shape index (κ3) is 3.46. The van der Waals surface area contributed by atoms with Gasteiger partial charge in [-0.25, -0.2) is 0 Å². The van der Waals surface area contributed by atoms with Gasteiger partial charge in [0, 0.05) is 20.8 Å². The van der Waals surface area contributed by atoms with E-state index in [9.17, 15) is 0 Å². The molecule has 4 heteroatoms. The van der Waals surface area contributed by atoms with E-state index >= 15 is 0 Å². The van der Waals surface area contributed by atoms with Crippen LogP contribution in [-0.4, -0.2) is 24.0 Å². The summed E-state index contributed by atoms with van der Waals surface area (Å²) in [5, 5.41) is 2.16. The van der Waals surface area contributed by atoms with Gasteiger partial charge in [-0.15, -0.1) is 11.3 Å². The molecule has 2 unspecified atom stereocenters. The summed E-state index contributed by atoms with van der Waals surface area (Å²) >= 11 is 5.39. The van der Waals surface area contributed by atoms with Gasteiger partial charge in [-0.1, -0.05) is 26.7 Å². The molecule has 0 spiro atoms. The number of hydrogen-bond acceptors (Lipinski definition) is 3. The van der Waals surface area contributed by atoms with Crippen molar-refractivity contribution in [3.8, 4) is 0 Å². The Hall–Kier alpha value is 0.1000. The topological polar surface area (TPSA) is 29.3 Å². The zero-order valence-corrected chi connectivity index (χ0v) is 15.3. The molecule has 0 amide bonds. The monoisotopic (exact) mass is 358 g/mol. The lowest BCUT2D eigenvalue weighted by Gasteiger charge is -2.44. The van der Waals surface area contributed by atoms with Crippen molar-refractivity contribution in [3.63, 3.8) is 0 Å². The molecule has 0 aliphatic carbocycles. The summed E-state index contributed by atoms with van der Waals surface area (Å²) in [5.41, 5.74) is 6.87. The van der Waals surface area contributed by atoms with E-state index in [-0.39, 0.29) is 6.04 Å². The zero-order valence-electron chi connectivity index (χ0n) is 12.9. The van der Waals surface area contributed by atoms with Crippen molar-refractivity contribution in [2.45, 2.75) is 58.5 Å². The molecule has 0 radical (unpaired) electrons. The largest absolute Gasteiger partial charge is 0.326 e. The molecule has 2 N–H and O–H groups in total. The smallest absolute Gasteiger partial charge is 0.0591 e. The van der Waals surface area contributed by atoms with Crippen molar-refractivity contribution in [3.05, 3.63) is 20.8 Å². The van der Waals surface area contributed by atoms with Gasteiger partial charge in [-0.3, -0.25) is 4.90 Å². The molecule has 2 atom stereocenters. The van der Waals surface area contributed by atoms with Crippen molar-refractivity contribution in [1.82, 2.24) is 4.90 Å². The molecule has 114 valence electrons. The van der Waals surface area contributed by atoms with E-state index < -0.39 is 0 Å². The van der Waals surface area contributed by atoms with Crippen molar-refractivity contribution >= 4 is 27.3 Å². The second kappa shape index (κ2) is 6.91. The maximum absolute atomic E-state index is 6.29. The highest BCUT2D eigenvalue weighted by atomic mass is 79.9. The van der Waals surface area contributed by atoms with E-state index in [0.717, 1.165) is 0 Å². The molecule has 0 bridgehead atoms. The first-order valence-electron chi connectivity index (χ1n) is 7.75. The van der Waals surface area contributed by atoms with Gasteiger partial charge in [0.25, 0.3) is 0 Å². The highest BCUT2D eigenvalue weighted by molar-refractivity contribution is 9.10. The van der Waals surface area contributed by atoms with Crippen LogP contribution in [0, 0.1) is 5.41 Å². The molecule has 2 rings (SSSR count). The highest BCUT2D eigenvalue weighted by Gasteiger charge is 2.35. The highest BCUT2D eigenvalue weighted by Crippen LogP contribution is 2.41. The maximum atomic E-state index is 6.29. The van der Waals surface area contributed by atoms with Crippen molar-refractivity contribution in [2.75, 3.05) is 13.1 Å². The van der Waals surface area contributed by atoms with Crippen LogP contribution in [0.15, 0.2) is 15.9 Å². The first-order chi connectivity index (χ1) is 9.51. The van der Waals surface area contributed by atoms with Crippen LogP contribution in [0.4, 0.5) is 0 Å². The fraction of sp³-hybridized carbons (Fsp3) is 0.750. The Morgan fingerprint density at radius 1 is 1.35 bits per heavy atom. The van der Waals surface area contributed by atoms with Gasteiger partial charge in [0.15, 0.2) is 0 Å². The van der Waals surface area contributed by atoms with Crippen LogP contribution in [-0.2, 0) is 0 Å². The summed E-state index contributed by atoms with van der Waals surface area (Å²) in [5.74, 6) is 0. The Morgan fingerprint density at radius 3 is 2.35 bits per heavy atom. The second-order valence-corrected chi connectivity index (χ2v) is 8.07. The minimum absolute atomic E-state index is 0.177. The van der Waals surface area contributed by atoms with Crippen LogP contribution >= 0.6 is 27.3 Å². The summed E-state index contributed by atoms with van der Waals surface area (Å²) in [6, 6.07) is 2.79. The Bertz CT molecular complexity index is 416. The average molecular weight is 359 g/mol. The standard InChI is InChI=1S/C16H27BrN2S/c1-4-16(5-2)6-8-19(9-7-16)15(12(3)18)14-10-13(17)11-20-14/h10-12,15H,4-9,18H2,1-3H3. The van der Waals surface area contributed by atoms with Crippen molar-refractivity contribution < 1.29 is 0 Å². The lowest BCUT2D eigenvalue weighted by molar-refractivity contribution is 0.0598. The third-order valence-corrected chi connectivity index (χ3v) is 6.89. The lowest BCUT2D eigenvalue weighted by Crippen LogP contribution is -2.46. The van der Waals surface area contributed by atoms with Crippen LogP contribution in [0.1, 0.15) is 57.4 Å². The number of piperidine rings is 1. The molecule has 1 aromatic rings. The van der Waals surface area contributed by atoms with Crippen LogP contribution in [0.5, 0.6) is 0 Å². The Labute approximate surface area is 135 Å². The molecule has 2 nitrogen and oxygen atoms in total. The molecule has 1 aliphatic rings. The van der Waals surface area contributed by atoms with Gasteiger partial charge < -0.3 is 5.73 Å². The number of likely N-dealkylation sites (tertiary alicyclic amines) is 1. The van der Waals surface area contributed by atoms with Gasteiger partial charge in [0.05, 0.1) is 6.04 Å². The molecular formula is C16H27BrN2S. The van der Waals surface area contributed by atoms with Crippen LogP contribution in [0.2, 0.25) is 0 Å². The normalized spacial score (nSPS) is 22.6. The summed E-state index contributed by atoms with van der Waals surface area (Å²) in [6.07, 6.45) is 5.25. The fourth-order valence-corrected chi connectivity index (χ4v) is 5.18. The minimum atomic E-state index is 0.177. The molecule has 1 aromatic heterocycles. The van der Waals surface area contributed by atoms with Gasteiger partial charge >= 0.3 is 0 Å². The maximum Gasteiger partial charge on any atom is 0.0591 e. The number of nitrogens with two attached hydrogens (primary N) is 1. The van der Waals surface area contributed by atoms with Gasteiger partial charge in [0.2, 0.25) is 0 Å². The molecule has 1 saturated heterocycles. The first kappa shape index (κ1) is 16.5. The number of halogens is 1. The minimum Gasteiger partial charge on any atom is -0.326 e. The van der Waals surface area contributed by atoms with Crippen LogP contribution < -0.4 is 5.73 Å². The summed E-state index contributed by atoms with van der Waals surface area (Å²) in [6.45, 7) is 9.20. The molecule has 20 heavy (non-hydrogen) atoms. The first-order valence-corrected chi connectivity index (χ1v) is 9.42. The van der Waals surface area contributed by atoms with E-state index in [1.54, 1.807) is 0 Å². The number of thiophene rings is 1. The van der Waals surface area contributed by atoms with E-state index in [4.69, 9.17) is 5.73 Å². The van der Waals surface area contributed by atoms with Crippen LogP contribution in [0.3, 0.4) is 0 Å². The molecule has 1 fully saturated rings. The summed E-state index contributed by atoms with van der Waals surface area (Å²) in [7, 11) is 0. The third-order valence-electron chi connectivity index (χ3n) is 5.13. The fourth-order valence-electron chi connectivity index (χ4n) is 3.49. The second-order valence-electron chi connectivity index (χ2n) is 6.21. The molecule has 0 aromatic carbocycles. The van der Waals surface area contributed by atoms with Crippen LogP contribution in [0.25, 0.3) is 0 Å². The Morgan fingerprint density at radius 2 is 1.95 bits per heavy atom. The Kier molecular flexibility index (Phi) is 5.69. The molecular weight excluding hydrogens is 332 g/mol. The average Bonchev–Trinajstić information content (AvgIpc) is 2.86. The number of hydrogen-bond donors (Lipinski definition) is 1. The predicted octanol–water partition coefficient (Wildman–Crippen LogP) is 4.80. The molecule has 0 saturated carbocycles. The molecule has 1 aliphatic heterocycles. The summed E-state index contributed by atoms with van der Waals surface area (Å²) < 4.78 is 1.18. The Balaban J connectivity index is 2.10. The number of nitrogens with zero attached hydrogens (tertiary/aromatic N) is 1. The van der Waals surface area contributed by atoms with E-state index in [2.05, 4.69) is 53.0 Å². The van der Waals surface area contributed by atoms with Gasteiger partial charge in [-0.2, -0.15) is 0 Å². The molecule has 2 heterocycles. The van der Waals surface area contributed by atoms with Crippen molar-refractivity contribution in [1.29, 1.82) is 0 Å². The SMILES string of the molecule is CCC1(CC)CCN(C(c2cc(Br)cs2)C(C)N)CC1. The van der Waals surface area contributed by atoms with Gasteiger partial charge in [-0.05, 0) is 60.3 Å². The van der Waals surface area contributed by atoms with Gasteiger partial charge in [0.1, 0.15) is 0 Å². The van der Waals surface area contributed by atoms with Crippen molar-refractivity contribution in [2.24, 2.45) is 11.1 Å². The van der Waals surface area contributed by atoms with E-state index in [1.807, 2.05) is 11.3 Å². The summed E-state index contributed by atoms with van der Waals surface area (Å²) in [4.78, 5) is 4.00.